The molecule has 0 saturated carbocycles. The van der Waals surface area contributed by atoms with Crippen LogP contribution in [0.2, 0.25) is 0 Å². The molecule has 0 radical (unpaired) electrons. The zero-order chi connectivity index (χ0) is 13.8. The molecule has 2 rings (SSSR count). The molecule has 19 heavy (non-hydrogen) atoms. The second-order valence-corrected chi connectivity index (χ2v) is 4.63. The van der Waals surface area contributed by atoms with Gasteiger partial charge in [0, 0.05) is 7.05 Å². The van der Waals surface area contributed by atoms with Crippen LogP contribution in [0.15, 0.2) is 30.5 Å². The van der Waals surface area contributed by atoms with Crippen LogP contribution in [0.4, 0.5) is 0 Å². The van der Waals surface area contributed by atoms with E-state index in [1.54, 1.807) is 13.3 Å². The number of benzene rings is 1. The van der Waals surface area contributed by atoms with Gasteiger partial charge in [0.2, 0.25) is 0 Å². The highest BCUT2D eigenvalue weighted by molar-refractivity contribution is 5.37. The molecular weight excluding hydrogens is 238 g/mol. The van der Waals surface area contributed by atoms with Crippen molar-refractivity contribution >= 4 is 0 Å². The number of nitrogens with one attached hydrogen (secondary N) is 1. The summed E-state index contributed by atoms with van der Waals surface area (Å²) < 4.78 is 7.29. The lowest BCUT2D eigenvalue weighted by molar-refractivity contribution is 0.401. The molecule has 102 valence electrons. The Balaban J connectivity index is 2.48. The van der Waals surface area contributed by atoms with Crippen molar-refractivity contribution in [3.63, 3.8) is 0 Å². The van der Waals surface area contributed by atoms with Gasteiger partial charge < -0.3 is 10.1 Å². The van der Waals surface area contributed by atoms with E-state index in [9.17, 15) is 0 Å². The lowest BCUT2D eigenvalue weighted by Gasteiger charge is -2.20. The van der Waals surface area contributed by atoms with Crippen molar-refractivity contribution in [2.45, 2.75) is 19.9 Å². The van der Waals surface area contributed by atoms with E-state index in [1.165, 1.54) is 11.1 Å². The van der Waals surface area contributed by atoms with Crippen LogP contribution in [0.1, 0.15) is 29.8 Å². The molecule has 1 aromatic carbocycles. The van der Waals surface area contributed by atoms with Gasteiger partial charge in [-0.15, -0.1) is 0 Å². The highest BCUT2D eigenvalue weighted by Crippen LogP contribution is 2.29. The molecule has 1 unspecified atom stereocenters. The molecule has 0 spiro atoms. The number of hydrogen-bond donors (Lipinski definition) is 1. The van der Waals surface area contributed by atoms with Gasteiger partial charge in [-0.05, 0) is 19.0 Å². The predicted molar refractivity (Wildman–Crippen MR) is 76.5 cm³/mol. The molecule has 0 saturated heterocycles. The van der Waals surface area contributed by atoms with E-state index in [0.29, 0.717) is 0 Å². The number of methoxy groups -OCH3 is 1. The predicted octanol–water partition coefficient (Wildman–Crippen LogP) is 2.44. The summed E-state index contributed by atoms with van der Waals surface area (Å²) in [6.45, 7) is 5.09. The van der Waals surface area contributed by atoms with Crippen molar-refractivity contribution < 1.29 is 4.74 Å². The zero-order valence-electron chi connectivity index (χ0n) is 12.0. The standard InChI is InChI=1S/C15H21N3O/c1-5-16-14(12-8-6-7-11(2)9-12)15-13(19-4)10-17-18(15)3/h6-10,14,16H,5H2,1-4H3. The molecule has 1 atom stereocenters. The van der Waals surface area contributed by atoms with Crippen molar-refractivity contribution in [2.24, 2.45) is 7.05 Å². The third kappa shape index (κ3) is 2.79. The van der Waals surface area contributed by atoms with Gasteiger partial charge in [-0.1, -0.05) is 36.8 Å². The van der Waals surface area contributed by atoms with Crippen LogP contribution in [-0.4, -0.2) is 23.4 Å². The molecule has 0 fully saturated rings. The molecule has 0 amide bonds. The minimum absolute atomic E-state index is 0.0901. The van der Waals surface area contributed by atoms with Crippen molar-refractivity contribution in [1.82, 2.24) is 15.1 Å². The van der Waals surface area contributed by atoms with E-state index in [0.717, 1.165) is 18.0 Å². The first kappa shape index (κ1) is 13.6. The minimum atomic E-state index is 0.0901. The van der Waals surface area contributed by atoms with Crippen molar-refractivity contribution in [3.05, 3.63) is 47.3 Å². The molecule has 1 N–H and O–H groups in total. The quantitative estimate of drug-likeness (QED) is 0.896. The van der Waals surface area contributed by atoms with Gasteiger partial charge in [-0.2, -0.15) is 5.10 Å². The molecule has 0 bridgehead atoms. The Morgan fingerprint density at radius 2 is 2.21 bits per heavy atom. The Hall–Kier alpha value is -1.81. The third-order valence-corrected chi connectivity index (χ3v) is 3.23. The molecule has 2 aromatic rings. The Morgan fingerprint density at radius 1 is 1.42 bits per heavy atom. The Bertz CT molecular complexity index is 548. The molecule has 0 aliphatic rings. The van der Waals surface area contributed by atoms with Crippen molar-refractivity contribution in [2.75, 3.05) is 13.7 Å². The molecule has 1 heterocycles. The van der Waals surface area contributed by atoms with Gasteiger partial charge in [0.1, 0.15) is 5.69 Å². The summed E-state index contributed by atoms with van der Waals surface area (Å²) in [6.07, 6.45) is 1.76. The first-order chi connectivity index (χ1) is 9.17. The second-order valence-electron chi connectivity index (χ2n) is 4.63. The fourth-order valence-corrected chi connectivity index (χ4v) is 2.34. The van der Waals surface area contributed by atoms with Crippen LogP contribution < -0.4 is 10.1 Å². The van der Waals surface area contributed by atoms with Crippen LogP contribution in [0, 0.1) is 6.92 Å². The Morgan fingerprint density at radius 3 is 2.84 bits per heavy atom. The molecule has 4 heteroatoms. The maximum atomic E-state index is 5.42. The van der Waals surface area contributed by atoms with Gasteiger partial charge in [0.25, 0.3) is 0 Å². The maximum Gasteiger partial charge on any atom is 0.161 e. The Labute approximate surface area is 114 Å². The van der Waals surface area contributed by atoms with E-state index in [-0.39, 0.29) is 6.04 Å². The first-order valence-corrected chi connectivity index (χ1v) is 6.53. The van der Waals surface area contributed by atoms with Crippen LogP contribution in [0.3, 0.4) is 0 Å². The number of ether oxygens (including phenoxy) is 1. The average molecular weight is 259 g/mol. The van der Waals surface area contributed by atoms with E-state index in [4.69, 9.17) is 4.74 Å². The fraction of sp³-hybridized carbons (Fsp3) is 0.400. The maximum absolute atomic E-state index is 5.42. The summed E-state index contributed by atoms with van der Waals surface area (Å²) in [4.78, 5) is 0. The van der Waals surface area contributed by atoms with Gasteiger partial charge in [-0.3, -0.25) is 4.68 Å². The minimum Gasteiger partial charge on any atom is -0.493 e. The number of aryl methyl sites for hydroxylation is 2. The third-order valence-electron chi connectivity index (χ3n) is 3.23. The lowest BCUT2D eigenvalue weighted by atomic mass is 10.0. The van der Waals surface area contributed by atoms with E-state index < -0.39 is 0 Å². The van der Waals surface area contributed by atoms with Crippen LogP contribution in [0.5, 0.6) is 5.75 Å². The fourth-order valence-electron chi connectivity index (χ4n) is 2.34. The van der Waals surface area contributed by atoms with Gasteiger partial charge >= 0.3 is 0 Å². The summed E-state index contributed by atoms with van der Waals surface area (Å²) in [6, 6.07) is 8.60. The summed E-state index contributed by atoms with van der Waals surface area (Å²) >= 11 is 0. The smallest absolute Gasteiger partial charge is 0.161 e. The van der Waals surface area contributed by atoms with Crippen molar-refractivity contribution in [1.29, 1.82) is 0 Å². The lowest BCUT2D eigenvalue weighted by Crippen LogP contribution is -2.24. The molecule has 1 aromatic heterocycles. The topological polar surface area (TPSA) is 39.1 Å². The summed E-state index contributed by atoms with van der Waals surface area (Å²) in [7, 11) is 3.62. The van der Waals surface area contributed by atoms with Gasteiger partial charge in [0.05, 0.1) is 19.3 Å². The zero-order valence-corrected chi connectivity index (χ0v) is 12.0. The molecule has 0 aliphatic carbocycles. The molecular formula is C15H21N3O. The SMILES string of the molecule is CCNC(c1cccc(C)c1)c1c(OC)cnn1C. The number of hydrogen-bond acceptors (Lipinski definition) is 3. The monoisotopic (exact) mass is 259 g/mol. The molecule has 0 aliphatic heterocycles. The van der Waals surface area contributed by atoms with Crippen LogP contribution >= 0.6 is 0 Å². The van der Waals surface area contributed by atoms with E-state index in [1.807, 2.05) is 11.7 Å². The molecule has 4 nitrogen and oxygen atoms in total. The van der Waals surface area contributed by atoms with Crippen LogP contribution in [-0.2, 0) is 7.05 Å². The number of nitrogens with zero attached hydrogens (tertiary/aromatic N) is 2. The van der Waals surface area contributed by atoms with Gasteiger partial charge in [-0.25, -0.2) is 0 Å². The Kier molecular flexibility index (Phi) is 4.22. The van der Waals surface area contributed by atoms with E-state index in [2.05, 4.69) is 48.5 Å². The first-order valence-electron chi connectivity index (χ1n) is 6.53. The normalized spacial score (nSPS) is 12.4. The van der Waals surface area contributed by atoms with Crippen molar-refractivity contribution in [3.8, 4) is 5.75 Å². The summed E-state index contributed by atoms with van der Waals surface area (Å²) in [5.41, 5.74) is 3.53. The highest BCUT2D eigenvalue weighted by atomic mass is 16.5. The summed E-state index contributed by atoms with van der Waals surface area (Å²) in [5.74, 6) is 0.815. The average Bonchev–Trinajstić information content (AvgIpc) is 2.77. The van der Waals surface area contributed by atoms with Gasteiger partial charge in [0.15, 0.2) is 5.75 Å². The highest BCUT2D eigenvalue weighted by Gasteiger charge is 2.21. The number of aromatic nitrogens is 2. The largest absolute Gasteiger partial charge is 0.493 e. The summed E-state index contributed by atoms with van der Waals surface area (Å²) in [5, 5.41) is 7.79. The van der Waals surface area contributed by atoms with Crippen LogP contribution in [0.25, 0.3) is 0 Å². The van der Waals surface area contributed by atoms with E-state index >= 15 is 0 Å². The number of rotatable bonds is 5. The second kappa shape index (κ2) is 5.89.